The average Bonchev–Trinajstić information content (AvgIpc) is 2.72. The van der Waals surface area contributed by atoms with Gasteiger partial charge in [0.1, 0.15) is 6.54 Å². The van der Waals surface area contributed by atoms with Crippen LogP contribution in [0.1, 0.15) is 36.6 Å². The molecule has 0 aromatic heterocycles. The Bertz CT molecular complexity index is 794. The van der Waals surface area contributed by atoms with Gasteiger partial charge in [-0.3, -0.25) is 4.79 Å². The molecular weight excluding hydrogens is 463 g/mol. The van der Waals surface area contributed by atoms with Crippen molar-refractivity contribution in [2.45, 2.75) is 32.9 Å². The van der Waals surface area contributed by atoms with Crippen molar-refractivity contribution < 1.29 is 4.79 Å². The van der Waals surface area contributed by atoms with Crippen LogP contribution in [-0.4, -0.2) is 36.4 Å². The van der Waals surface area contributed by atoms with Crippen molar-refractivity contribution in [3.8, 4) is 0 Å². The minimum atomic E-state index is 0. The second-order valence-corrected chi connectivity index (χ2v) is 6.81. The van der Waals surface area contributed by atoms with Gasteiger partial charge in [-0.2, -0.15) is 0 Å². The second kappa shape index (κ2) is 11.0. The summed E-state index contributed by atoms with van der Waals surface area (Å²) in [6.07, 6.45) is 0.912. The number of benzene rings is 2. The lowest BCUT2D eigenvalue weighted by Crippen LogP contribution is -2.41. The van der Waals surface area contributed by atoms with Gasteiger partial charge in [0.15, 0.2) is 5.96 Å². The van der Waals surface area contributed by atoms with Gasteiger partial charge in [-0.25, -0.2) is 4.99 Å². The fraction of sp³-hybridized carbons (Fsp3) is 0.364. The molecule has 0 bridgehead atoms. The highest BCUT2D eigenvalue weighted by atomic mass is 127. The van der Waals surface area contributed by atoms with E-state index in [1.807, 2.05) is 36.1 Å². The highest BCUT2D eigenvalue weighted by Crippen LogP contribution is 2.18. The maximum Gasteiger partial charge on any atom is 0.244 e. The molecule has 0 aliphatic carbocycles. The number of rotatable bonds is 5. The molecule has 1 aliphatic rings. The third kappa shape index (κ3) is 5.95. The molecule has 0 radical (unpaired) electrons. The number of halogens is 1. The maximum atomic E-state index is 12.6. The standard InChI is InChI=1S/C22H28N4O.HI/c1-3-23-22(25-17(2)18-9-5-4-6-10-18)24-15-21(27)26-14-13-19-11-7-8-12-20(19)16-26;/h4-12,17H,3,13-16H2,1-2H3,(H2,23,24,25);1H. The Balaban J connectivity index is 0.00000280. The molecule has 1 heterocycles. The quantitative estimate of drug-likeness (QED) is 0.382. The highest BCUT2D eigenvalue weighted by molar-refractivity contribution is 14.0. The summed E-state index contributed by atoms with van der Waals surface area (Å²) in [5.41, 5.74) is 3.77. The molecule has 0 saturated heterocycles. The third-order valence-electron chi connectivity index (χ3n) is 4.85. The van der Waals surface area contributed by atoms with E-state index in [2.05, 4.69) is 52.9 Å². The molecule has 1 amide bonds. The SMILES string of the molecule is CCNC(=NCC(=O)N1CCc2ccccc2C1)NC(C)c1ccccc1.I. The van der Waals surface area contributed by atoms with Crippen molar-refractivity contribution >= 4 is 35.8 Å². The Morgan fingerprint density at radius 2 is 1.79 bits per heavy atom. The van der Waals surface area contributed by atoms with Gasteiger partial charge in [-0.05, 0) is 37.0 Å². The van der Waals surface area contributed by atoms with Crippen molar-refractivity contribution in [3.63, 3.8) is 0 Å². The molecule has 1 atom stereocenters. The first-order valence-corrected chi connectivity index (χ1v) is 9.61. The van der Waals surface area contributed by atoms with E-state index in [9.17, 15) is 4.79 Å². The molecule has 6 heteroatoms. The summed E-state index contributed by atoms with van der Waals surface area (Å²) >= 11 is 0. The van der Waals surface area contributed by atoms with Crippen LogP contribution in [-0.2, 0) is 17.8 Å². The van der Waals surface area contributed by atoms with Gasteiger partial charge in [0.25, 0.3) is 0 Å². The fourth-order valence-electron chi connectivity index (χ4n) is 3.31. The van der Waals surface area contributed by atoms with Crippen molar-refractivity contribution in [3.05, 3.63) is 71.3 Å². The molecule has 2 N–H and O–H groups in total. The van der Waals surface area contributed by atoms with Gasteiger partial charge < -0.3 is 15.5 Å². The van der Waals surface area contributed by atoms with Crippen molar-refractivity contribution in [1.29, 1.82) is 0 Å². The second-order valence-electron chi connectivity index (χ2n) is 6.81. The van der Waals surface area contributed by atoms with Crippen LogP contribution in [0.2, 0.25) is 0 Å². The first-order valence-electron chi connectivity index (χ1n) is 9.61. The molecule has 28 heavy (non-hydrogen) atoms. The fourth-order valence-corrected chi connectivity index (χ4v) is 3.31. The number of amides is 1. The topological polar surface area (TPSA) is 56.7 Å². The summed E-state index contributed by atoms with van der Waals surface area (Å²) in [6.45, 7) is 6.45. The van der Waals surface area contributed by atoms with Gasteiger partial charge in [-0.15, -0.1) is 24.0 Å². The lowest BCUT2D eigenvalue weighted by atomic mass is 10.00. The Labute approximate surface area is 184 Å². The molecule has 0 fully saturated rings. The van der Waals surface area contributed by atoms with Crippen molar-refractivity contribution in [1.82, 2.24) is 15.5 Å². The molecular formula is C22H29IN4O. The van der Waals surface area contributed by atoms with E-state index in [4.69, 9.17) is 0 Å². The predicted molar refractivity (Wildman–Crippen MR) is 125 cm³/mol. The number of nitrogens with one attached hydrogen (secondary N) is 2. The third-order valence-corrected chi connectivity index (χ3v) is 4.85. The molecule has 3 rings (SSSR count). The zero-order valence-electron chi connectivity index (χ0n) is 16.5. The first-order chi connectivity index (χ1) is 13.2. The molecule has 1 unspecified atom stereocenters. The zero-order valence-corrected chi connectivity index (χ0v) is 18.9. The average molecular weight is 492 g/mol. The number of carbonyl (C=O) groups is 1. The van der Waals surface area contributed by atoms with E-state index in [0.29, 0.717) is 12.5 Å². The zero-order chi connectivity index (χ0) is 19.1. The molecule has 0 saturated carbocycles. The smallest absolute Gasteiger partial charge is 0.244 e. The largest absolute Gasteiger partial charge is 0.357 e. The summed E-state index contributed by atoms with van der Waals surface area (Å²) in [5.74, 6) is 0.730. The minimum Gasteiger partial charge on any atom is -0.357 e. The first kappa shape index (κ1) is 22.2. The number of hydrogen-bond donors (Lipinski definition) is 2. The van der Waals surface area contributed by atoms with Gasteiger partial charge in [0.2, 0.25) is 5.91 Å². The normalized spacial score (nSPS) is 14.5. The van der Waals surface area contributed by atoms with Crippen LogP contribution in [0.15, 0.2) is 59.6 Å². The van der Waals surface area contributed by atoms with E-state index >= 15 is 0 Å². The van der Waals surface area contributed by atoms with E-state index < -0.39 is 0 Å². The van der Waals surface area contributed by atoms with Crippen LogP contribution in [0, 0.1) is 0 Å². The van der Waals surface area contributed by atoms with E-state index in [1.165, 1.54) is 16.7 Å². The van der Waals surface area contributed by atoms with Gasteiger partial charge >= 0.3 is 0 Å². The summed E-state index contributed by atoms with van der Waals surface area (Å²) in [7, 11) is 0. The van der Waals surface area contributed by atoms with Crippen LogP contribution in [0.4, 0.5) is 0 Å². The van der Waals surface area contributed by atoms with Gasteiger partial charge in [-0.1, -0.05) is 54.6 Å². The van der Waals surface area contributed by atoms with Gasteiger partial charge in [0.05, 0.1) is 6.04 Å². The summed E-state index contributed by atoms with van der Waals surface area (Å²) < 4.78 is 0. The predicted octanol–water partition coefficient (Wildman–Crippen LogP) is 3.51. The highest BCUT2D eigenvalue weighted by Gasteiger charge is 2.20. The van der Waals surface area contributed by atoms with E-state index in [0.717, 1.165) is 19.5 Å². The van der Waals surface area contributed by atoms with Crippen LogP contribution < -0.4 is 10.6 Å². The number of fused-ring (bicyclic) bond motifs is 1. The molecule has 0 spiro atoms. The summed E-state index contributed by atoms with van der Waals surface area (Å²) in [6, 6.07) is 18.7. The number of guanidine groups is 1. The summed E-state index contributed by atoms with van der Waals surface area (Å²) in [4.78, 5) is 19.0. The Morgan fingerprint density at radius 1 is 1.11 bits per heavy atom. The molecule has 2 aromatic carbocycles. The Hall–Kier alpha value is -2.09. The maximum absolute atomic E-state index is 12.6. The molecule has 150 valence electrons. The van der Waals surface area contributed by atoms with Crippen LogP contribution in [0.3, 0.4) is 0 Å². The van der Waals surface area contributed by atoms with Crippen molar-refractivity contribution in [2.75, 3.05) is 19.6 Å². The lowest BCUT2D eigenvalue weighted by Gasteiger charge is -2.28. The Kier molecular flexibility index (Phi) is 8.76. The number of hydrogen-bond acceptors (Lipinski definition) is 2. The van der Waals surface area contributed by atoms with Crippen LogP contribution in [0.5, 0.6) is 0 Å². The number of carbonyl (C=O) groups excluding carboxylic acids is 1. The number of aliphatic imine (C=N–C) groups is 1. The number of nitrogens with zero attached hydrogens (tertiary/aromatic N) is 2. The molecule has 5 nitrogen and oxygen atoms in total. The van der Waals surface area contributed by atoms with Crippen LogP contribution >= 0.6 is 24.0 Å². The molecule has 2 aromatic rings. The van der Waals surface area contributed by atoms with Crippen LogP contribution in [0.25, 0.3) is 0 Å². The van der Waals surface area contributed by atoms with E-state index in [-0.39, 0.29) is 42.5 Å². The Morgan fingerprint density at radius 3 is 2.50 bits per heavy atom. The summed E-state index contributed by atoms with van der Waals surface area (Å²) in [5, 5.41) is 6.60. The minimum absolute atomic E-state index is 0. The lowest BCUT2D eigenvalue weighted by molar-refractivity contribution is -0.130. The monoisotopic (exact) mass is 492 g/mol. The van der Waals surface area contributed by atoms with E-state index in [1.54, 1.807) is 0 Å². The van der Waals surface area contributed by atoms with Crippen molar-refractivity contribution in [2.24, 2.45) is 4.99 Å². The van der Waals surface area contributed by atoms with Gasteiger partial charge in [0, 0.05) is 19.6 Å². The molecule has 1 aliphatic heterocycles.